The van der Waals surface area contributed by atoms with Crippen molar-refractivity contribution in [3.63, 3.8) is 0 Å². The predicted molar refractivity (Wildman–Crippen MR) is 105 cm³/mol. The minimum atomic E-state index is -0.389. The molecule has 2 heteroatoms. The van der Waals surface area contributed by atoms with Gasteiger partial charge in [0, 0.05) is 0 Å². The smallest absolute Gasteiger partial charge is 0.0686 e. The molecule has 5 aliphatic rings. The maximum atomic E-state index is 11.7. The molecule has 0 saturated heterocycles. The van der Waals surface area contributed by atoms with Crippen LogP contribution in [0, 0.1) is 40.4 Å². The summed E-state index contributed by atoms with van der Waals surface area (Å²) in [5.41, 5.74) is 1.82. The minimum Gasteiger partial charge on any atom is -0.393 e. The number of aliphatic hydroxyl groups is 2. The van der Waals surface area contributed by atoms with E-state index in [9.17, 15) is 10.2 Å². The number of aliphatic hydroxyl groups excluding tert-OH is 1. The van der Waals surface area contributed by atoms with Gasteiger partial charge in [0.15, 0.2) is 0 Å². The summed E-state index contributed by atoms with van der Waals surface area (Å²) < 4.78 is 0. The highest BCUT2D eigenvalue weighted by Gasteiger charge is 2.66. The molecule has 5 aliphatic carbocycles. The van der Waals surface area contributed by atoms with Gasteiger partial charge < -0.3 is 10.2 Å². The largest absolute Gasteiger partial charge is 0.393 e. The summed E-state index contributed by atoms with van der Waals surface area (Å²) in [6.45, 7) is 7.46. The third kappa shape index (κ3) is 2.18. The molecule has 9 atom stereocenters. The van der Waals surface area contributed by atoms with Gasteiger partial charge in [-0.1, -0.05) is 45.3 Å². The van der Waals surface area contributed by atoms with E-state index in [0.29, 0.717) is 28.6 Å². The van der Waals surface area contributed by atoms with E-state index in [4.69, 9.17) is 0 Å². The van der Waals surface area contributed by atoms with E-state index in [0.717, 1.165) is 43.9 Å². The van der Waals surface area contributed by atoms with Crippen LogP contribution in [0.5, 0.6) is 0 Å². The lowest BCUT2D eigenvalue weighted by Gasteiger charge is -2.58. The van der Waals surface area contributed by atoms with E-state index < -0.39 is 0 Å². The molecule has 4 saturated carbocycles. The summed E-state index contributed by atoms with van der Waals surface area (Å²) in [5, 5.41) is 21.8. The van der Waals surface area contributed by atoms with E-state index in [1.807, 2.05) is 0 Å². The molecule has 26 heavy (non-hydrogen) atoms. The summed E-state index contributed by atoms with van der Waals surface area (Å²) in [5.74, 6) is 3.40. The van der Waals surface area contributed by atoms with Crippen molar-refractivity contribution in [2.75, 3.05) is 0 Å². The highest BCUT2D eigenvalue weighted by Crippen LogP contribution is 2.70. The van der Waals surface area contributed by atoms with Gasteiger partial charge in [0.1, 0.15) is 0 Å². The fourth-order valence-corrected chi connectivity index (χ4v) is 9.22. The molecule has 0 aromatic heterocycles. The number of allylic oxidation sites excluding steroid dienone is 1. The Morgan fingerprint density at radius 3 is 2.65 bits per heavy atom. The van der Waals surface area contributed by atoms with Crippen molar-refractivity contribution in [1.29, 1.82) is 0 Å². The average molecular weight is 359 g/mol. The van der Waals surface area contributed by atoms with Gasteiger partial charge in [-0.3, -0.25) is 0 Å². The van der Waals surface area contributed by atoms with Crippen molar-refractivity contribution >= 4 is 0 Å². The standard InChI is InChI=1S/C24H38O2/c1-15-5-4-10-24(26)14-20-18-7-6-16-13-17(25)8-11-22(16,2)19(18)9-12-23(20,3)21(15)24/h6,15,17-21,25-26H,4-5,7-14H2,1-3H3. The second-order valence-electron chi connectivity index (χ2n) is 11.4. The van der Waals surface area contributed by atoms with Crippen molar-refractivity contribution in [3.8, 4) is 0 Å². The topological polar surface area (TPSA) is 40.5 Å². The molecule has 2 N–H and O–H groups in total. The number of hydrogen-bond acceptors (Lipinski definition) is 2. The Morgan fingerprint density at radius 1 is 1.04 bits per heavy atom. The number of fused-ring (bicyclic) bond motifs is 7. The number of hydrogen-bond donors (Lipinski definition) is 2. The first-order chi connectivity index (χ1) is 12.3. The fraction of sp³-hybridized carbons (Fsp3) is 0.917. The van der Waals surface area contributed by atoms with Crippen molar-refractivity contribution in [2.24, 2.45) is 40.4 Å². The molecule has 146 valence electrons. The maximum absolute atomic E-state index is 11.7. The molecule has 4 fully saturated rings. The van der Waals surface area contributed by atoms with Gasteiger partial charge in [-0.05, 0) is 91.8 Å². The van der Waals surface area contributed by atoms with Gasteiger partial charge in [-0.2, -0.15) is 0 Å². The van der Waals surface area contributed by atoms with Crippen molar-refractivity contribution < 1.29 is 10.2 Å². The van der Waals surface area contributed by atoms with Gasteiger partial charge in [-0.25, -0.2) is 0 Å². The highest BCUT2D eigenvalue weighted by atomic mass is 16.3. The van der Waals surface area contributed by atoms with Crippen molar-refractivity contribution in [3.05, 3.63) is 11.6 Å². The highest BCUT2D eigenvalue weighted by molar-refractivity contribution is 5.26. The normalized spacial score (nSPS) is 58.9. The Bertz CT molecular complexity index is 626. The van der Waals surface area contributed by atoms with Crippen molar-refractivity contribution in [2.45, 2.75) is 96.7 Å². The molecule has 0 heterocycles. The average Bonchev–Trinajstić information content (AvgIpc) is 2.83. The van der Waals surface area contributed by atoms with E-state index in [-0.39, 0.29) is 11.7 Å². The van der Waals surface area contributed by atoms with Crippen molar-refractivity contribution in [1.82, 2.24) is 0 Å². The Balaban J connectivity index is 1.51. The first-order valence-corrected chi connectivity index (χ1v) is 11.4. The Morgan fingerprint density at radius 2 is 1.85 bits per heavy atom. The Labute approximate surface area is 159 Å². The Kier molecular flexibility index (Phi) is 3.82. The third-order valence-corrected chi connectivity index (χ3v) is 10.2. The summed E-state index contributed by atoms with van der Waals surface area (Å²) in [6.07, 6.45) is 13.9. The fourth-order valence-electron chi connectivity index (χ4n) is 9.22. The first kappa shape index (κ1) is 17.7. The lowest BCUT2D eigenvalue weighted by atomic mass is 9.46. The van der Waals surface area contributed by atoms with Gasteiger partial charge in [0.05, 0.1) is 11.7 Å². The minimum absolute atomic E-state index is 0.115. The van der Waals surface area contributed by atoms with E-state index in [1.165, 1.54) is 32.1 Å². The molecule has 5 rings (SSSR count). The van der Waals surface area contributed by atoms with Crippen LogP contribution in [0.15, 0.2) is 11.6 Å². The Hall–Kier alpha value is -0.340. The van der Waals surface area contributed by atoms with Crippen LogP contribution in [0.1, 0.15) is 85.0 Å². The molecule has 0 aromatic rings. The second kappa shape index (κ2) is 5.60. The molecule has 0 bridgehead atoms. The molecule has 0 spiro atoms. The van der Waals surface area contributed by atoms with Crippen LogP contribution in [0.25, 0.3) is 0 Å². The van der Waals surface area contributed by atoms with E-state index in [1.54, 1.807) is 5.57 Å². The predicted octanol–water partition coefficient (Wildman–Crippen LogP) is 5.09. The zero-order valence-electron chi connectivity index (χ0n) is 17.0. The number of rotatable bonds is 0. The maximum Gasteiger partial charge on any atom is 0.0686 e. The molecule has 0 radical (unpaired) electrons. The quantitative estimate of drug-likeness (QED) is 0.592. The van der Waals surface area contributed by atoms with Gasteiger partial charge in [0.2, 0.25) is 0 Å². The lowest BCUT2D eigenvalue weighted by molar-refractivity contribution is -0.0965. The van der Waals surface area contributed by atoms with E-state index >= 15 is 0 Å². The summed E-state index contributed by atoms with van der Waals surface area (Å²) >= 11 is 0. The van der Waals surface area contributed by atoms with Gasteiger partial charge >= 0.3 is 0 Å². The lowest BCUT2D eigenvalue weighted by Crippen LogP contribution is -2.52. The molecular weight excluding hydrogens is 320 g/mol. The van der Waals surface area contributed by atoms with Crippen LogP contribution in [0.2, 0.25) is 0 Å². The monoisotopic (exact) mass is 358 g/mol. The molecule has 0 aliphatic heterocycles. The van der Waals surface area contributed by atoms with Crippen LogP contribution in [0.3, 0.4) is 0 Å². The second-order valence-corrected chi connectivity index (χ2v) is 11.4. The zero-order chi connectivity index (χ0) is 18.3. The summed E-state index contributed by atoms with van der Waals surface area (Å²) in [6, 6.07) is 0. The van der Waals surface area contributed by atoms with Gasteiger partial charge in [-0.15, -0.1) is 0 Å². The molecule has 0 aromatic carbocycles. The van der Waals surface area contributed by atoms with E-state index in [2.05, 4.69) is 26.8 Å². The molecule has 2 nitrogen and oxygen atoms in total. The van der Waals surface area contributed by atoms with Gasteiger partial charge in [0.25, 0.3) is 0 Å². The molecule has 9 unspecified atom stereocenters. The summed E-state index contributed by atoms with van der Waals surface area (Å²) in [7, 11) is 0. The SMILES string of the molecule is CC1CCCC2(O)CC3C4CC=C5CC(O)CCC5(C)C4CCC3(C)C12. The van der Waals surface area contributed by atoms with Crippen LogP contribution in [0.4, 0.5) is 0 Å². The third-order valence-electron chi connectivity index (χ3n) is 10.2. The van der Waals surface area contributed by atoms with Crippen LogP contribution < -0.4 is 0 Å². The van der Waals surface area contributed by atoms with Crippen LogP contribution >= 0.6 is 0 Å². The first-order valence-electron chi connectivity index (χ1n) is 11.4. The van der Waals surface area contributed by atoms with Crippen LogP contribution in [-0.2, 0) is 0 Å². The molecular formula is C24H38O2. The zero-order valence-corrected chi connectivity index (χ0v) is 17.0. The molecule has 0 amide bonds. The summed E-state index contributed by atoms with van der Waals surface area (Å²) in [4.78, 5) is 0. The van der Waals surface area contributed by atoms with Crippen LogP contribution in [-0.4, -0.2) is 21.9 Å².